The van der Waals surface area contributed by atoms with Crippen molar-refractivity contribution in [1.82, 2.24) is 5.32 Å². The molecule has 1 atom stereocenters. The molecule has 0 heterocycles. The molecule has 1 fully saturated rings. The van der Waals surface area contributed by atoms with Crippen LogP contribution in [0.25, 0.3) is 0 Å². The minimum absolute atomic E-state index is 0.682. The summed E-state index contributed by atoms with van der Waals surface area (Å²) in [6.07, 6.45) is 21.2. The minimum atomic E-state index is 0.682. The second kappa shape index (κ2) is 9.60. The average molecular weight is 277 g/mol. The molecule has 116 valence electrons. The molecule has 0 bridgehead atoms. The van der Waals surface area contributed by atoms with Gasteiger partial charge in [-0.15, -0.1) is 0 Å². The van der Waals surface area contributed by atoms with Gasteiger partial charge in [0.1, 0.15) is 0 Å². The fourth-order valence-corrected chi connectivity index (χ4v) is 4.08. The highest BCUT2D eigenvalue weighted by atomic mass is 14.9. The van der Waals surface area contributed by atoms with Gasteiger partial charge in [-0.2, -0.15) is 0 Å². The van der Waals surface area contributed by atoms with Crippen LogP contribution in [0.5, 0.6) is 0 Å². The average Bonchev–Trinajstić information content (AvgIpc) is 2.67. The smallest absolute Gasteiger partial charge is 0.0281 e. The summed E-state index contributed by atoms with van der Waals surface area (Å²) in [5.41, 5.74) is 1.75. The van der Waals surface area contributed by atoms with Crippen LogP contribution in [-0.2, 0) is 0 Å². The van der Waals surface area contributed by atoms with E-state index in [2.05, 4.69) is 18.3 Å². The lowest BCUT2D eigenvalue weighted by atomic mass is 9.86. The quantitative estimate of drug-likeness (QED) is 0.509. The lowest BCUT2D eigenvalue weighted by molar-refractivity contribution is 0.370. The van der Waals surface area contributed by atoms with Gasteiger partial charge in [0.2, 0.25) is 0 Å². The Morgan fingerprint density at radius 3 is 2.45 bits per heavy atom. The number of rotatable bonds is 5. The van der Waals surface area contributed by atoms with Crippen molar-refractivity contribution in [3.8, 4) is 0 Å². The highest BCUT2D eigenvalue weighted by Gasteiger charge is 2.20. The van der Waals surface area contributed by atoms with E-state index in [0.717, 1.165) is 12.5 Å². The lowest BCUT2D eigenvalue weighted by Crippen LogP contribution is -2.33. The predicted molar refractivity (Wildman–Crippen MR) is 89.1 cm³/mol. The summed E-state index contributed by atoms with van der Waals surface area (Å²) in [5.74, 6) is 0.980. The molecule has 1 nitrogen and oxygen atoms in total. The first kappa shape index (κ1) is 16.1. The van der Waals surface area contributed by atoms with E-state index in [0.29, 0.717) is 6.04 Å². The molecule has 20 heavy (non-hydrogen) atoms. The molecule has 1 N–H and O–H groups in total. The van der Waals surface area contributed by atoms with Gasteiger partial charge in [-0.3, -0.25) is 0 Å². The Morgan fingerprint density at radius 2 is 1.70 bits per heavy atom. The normalized spacial score (nSPS) is 24.4. The number of nitrogens with one attached hydrogen (secondary N) is 1. The van der Waals surface area contributed by atoms with E-state index in [1.165, 1.54) is 83.5 Å². The van der Waals surface area contributed by atoms with Crippen molar-refractivity contribution in [1.29, 1.82) is 0 Å². The monoisotopic (exact) mass is 277 g/mol. The standard InChI is InChI=1S/C19H35N/c1-2-20-19(16-17-12-8-6-7-9-13-17)18-14-10-4-3-5-11-15-18/h14,17,19-20H,2-13,15-16H2,1H3. The van der Waals surface area contributed by atoms with Gasteiger partial charge in [-0.25, -0.2) is 0 Å². The van der Waals surface area contributed by atoms with Crippen molar-refractivity contribution in [2.24, 2.45) is 5.92 Å². The summed E-state index contributed by atoms with van der Waals surface area (Å²) in [4.78, 5) is 0. The summed E-state index contributed by atoms with van der Waals surface area (Å²) in [7, 11) is 0. The maximum absolute atomic E-state index is 3.80. The van der Waals surface area contributed by atoms with Crippen LogP contribution in [0.4, 0.5) is 0 Å². The second-order valence-corrected chi connectivity index (χ2v) is 6.94. The van der Waals surface area contributed by atoms with Gasteiger partial charge in [0.15, 0.2) is 0 Å². The van der Waals surface area contributed by atoms with E-state index in [1.54, 1.807) is 5.57 Å². The van der Waals surface area contributed by atoms with Crippen LogP contribution >= 0.6 is 0 Å². The lowest BCUT2D eigenvalue weighted by Gasteiger charge is -2.27. The van der Waals surface area contributed by atoms with E-state index in [9.17, 15) is 0 Å². The number of hydrogen-bond donors (Lipinski definition) is 1. The van der Waals surface area contributed by atoms with E-state index in [1.807, 2.05) is 0 Å². The molecule has 2 aliphatic carbocycles. The van der Waals surface area contributed by atoms with Gasteiger partial charge in [0, 0.05) is 6.04 Å². The van der Waals surface area contributed by atoms with Crippen LogP contribution in [-0.4, -0.2) is 12.6 Å². The molecular formula is C19H35N. The van der Waals surface area contributed by atoms with Gasteiger partial charge in [-0.1, -0.05) is 69.9 Å². The Bertz CT molecular complexity index is 273. The second-order valence-electron chi connectivity index (χ2n) is 6.94. The zero-order chi connectivity index (χ0) is 14.0. The van der Waals surface area contributed by atoms with Gasteiger partial charge >= 0.3 is 0 Å². The molecule has 0 aromatic heterocycles. The molecule has 0 radical (unpaired) electrons. The van der Waals surface area contributed by atoms with Crippen LogP contribution in [0.1, 0.15) is 90.4 Å². The highest BCUT2D eigenvalue weighted by molar-refractivity contribution is 5.12. The number of likely N-dealkylation sites (N-methyl/N-ethyl adjacent to an activating group) is 1. The zero-order valence-electron chi connectivity index (χ0n) is 13.6. The van der Waals surface area contributed by atoms with E-state index in [-0.39, 0.29) is 0 Å². The Labute approximate surface area is 126 Å². The third-order valence-corrected chi connectivity index (χ3v) is 5.27. The Balaban J connectivity index is 1.93. The molecule has 0 aromatic rings. The van der Waals surface area contributed by atoms with Gasteiger partial charge in [0.05, 0.1) is 0 Å². The minimum Gasteiger partial charge on any atom is -0.311 e. The van der Waals surface area contributed by atoms with Crippen molar-refractivity contribution in [3.63, 3.8) is 0 Å². The number of hydrogen-bond acceptors (Lipinski definition) is 1. The Morgan fingerprint density at radius 1 is 1.00 bits per heavy atom. The molecule has 1 unspecified atom stereocenters. The first-order valence-electron chi connectivity index (χ1n) is 9.32. The predicted octanol–water partition coefficient (Wildman–Crippen LogP) is 5.61. The first-order valence-corrected chi connectivity index (χ1v) is 9.32. The van der Waals surface area contributed by atoms with Gasteiger partial charge in [-0.05, 0) is 44.6 Å². The molecule has 0 amide bonds. The molecule has 1 saturated carbocycles. The maximum Gasteiger partial charge on any atom is 0.0281 e. The zero-order valence-corrected chi connectivity index (χ0v) is 13.6. The molecular weight excluding hydrogens is 242 g/mol. The van der Waals surface area contributed by atoms with Crippen LogP contribution < -0.4 is 5.32 Å². The summed E-state index contributed by atoms with van der Waals surface area (Å²) >= 11 is 0. The van der Waals surface area contributed by atoms with Crippen molar-refractivity contribution in [2.45, 2.75) is 96.4 Å². The molecule has 2 aliphatic rings. The van der Waals surface area contributed by atoms with Crippen LogP contribution in [0.3, 0.4) is 0 Å². The Kier molecular flexibility index (Phi) is 7.72. The SMILES string of the molecule is CCNC(CC1CCCCCC1)C1=CCCCCCC1. The molecule has 2 rings (SSSR count). The fourth-order valence-electron chi connectivity index (χ4n) is 4.08. The van der Waals surface area contributed by atoms with Crippen molar-refractivity contribution >= 4 is 0 Å². The van der Waals surface area contributed by atoms with Crippen LogP contribution in [0.15, 0.2) is 11.6 Å². The van der Waals surface area contributed by atoms with Crippen molar-refractivity contribution < 1.29 is 0 Å². The maximum atomic E-state index is 3.80. The number of allylic oxidation sites excluding steroid dienone is 1. The van der Waals surface area contributed by atoms with E-state index >= 15 is 0 Å². The third kappa shape index (κ3) is 5.60. The van der Waals surface area contributed by atoms with Gasteiger partial charge < -0.3 is 5.32 Å². The molecule has 0 aliphatic heterocycles. The van der Waals surface area contributed by atoms with E-state index < -0.39 is 0 Å². The highest BCUT2D eigenvalue weighted by Crippen LogP contribution is 2.30. The van der Waals surface area contributed by atoms with Gasteiger partial charge in [0.25, 0.3) is 0 Å². The largest absolute Gasteiger partial charge is 0.311 e. The summed E-state index contributed by atoms with van der Waals surface area (Å²) in [5, 5.41) is 3.80. The summed E-state index contributed by atoms with van der Waals surface area (Å²) in [6, 6.07) is 0.682. The molecule has 0 spiro atoms. The topological polar surface area (TPSA) is 12.0 Å². The Hall–Kier alpha value is -0.300. The van der Waals surface area contributed by atoms with Crippen LogP contribution in [0, 0.1) is 5.92 Å². The summed E-state index contributed by atoms with van der Waals surface area (Å²) in [6.45, 7) is 3.39. The van der Waals surface area contributed by atoms with Crippen molar-refractivity contribution in [2.75, 3.05) is 6.54 Å². The van der Waals surface area contributed by atoms with Crippen molar-refractivity contribution in [3.05, 3.63) is 11.6 Å². The molecule has 0 saturated heterocycles. The summed E-state index contributed by atoms with van der Waals surface area (Å²) < 4.78 is 0. The third-order valence-electron chi connectivity index (χ3n) is 5.27. The van der Waals surface area contributed by atoms with E-state index in [4.69, 9.17) is 0 Å². The molecule has 1 heteroatoms. The first-order chi connectivity index (χ1) is 9.90. The fraction of sp³-hybridized carbons (Fsp3) is 0.895. The molecule has 0 aromatic carbocycles. The van der Waals surface area contributed by atoms with Crippen LogP contribution in [0.2, 0.25) is 0 Å².